The normalized spacial score (nSPS) is 23.8. The molecule has 1 amide bonds. The Balaban J connectivity index is 2.17. The summed E-state index contributed by atoms with van der Waals surface area (Å²) < 4.78 is 5.04. The predicted octanol–water partition coefficient (Wildman–Crippen LogP) is 2.12. The number of hydrogen-bond acceptors (Lipinski definition) is 3. The number of rotatable bonds is 1. The summed E-state index contributed by atoms with van der Waals surface area (Å²) >= 11 is 0. The number of Topliss-reactive ketones (excluding diaryl/α,β-unsaturated/α-hetero) is 1. The summed E-state index contributed by atoms with van der Waals surface area (Å²) in [5.41, 5.74) is -0.509. The molecular formula is C12H19NO3. The summed E-state index contributed by atoms with van der Waals surface area (Å²) in [6.07, 6.45) is 5.10. The van der Waals surface area contributed by atoms with Crippen molar-refractivity contribution in [1.29, 1.82) is 0 Å². The highest BCUT2D eigenvalue weighted by Gasteiger charge is 2.51. The summed E-state index contributed by atoms with van der Waals surface area (Å²) in [5, 5.41) is 0. The van der Waals surface area contributed by atoms with Crippen LogP contribution in [0.4, 0.5) is 4.79 Å². The van der Waals surface area contributed by atoms with Crippen molar-refractivity contribution >= 4 is 11.9 Å². The van der Waals surface area contributed by atoms with E-state index in [0.717, 1.165) is 25.7 Å². The Bertz CT molecular complexity index is 295. The van der Waals surface area contributed by atoms with Gasteiger partial charge in [0.1, 0.15) is 5.54 Å². The Morgan fingerprint density at radius 2 is 2.06 bits per heavy atom. The maximum absolute atomic E-state index is 12.0. The number of amides is 1. The Kier molecular flexibility index (Phi) is 3.17. The Hall–Kier alpha value is -1.06. The molecule has 0 radical (unpaired) electrons. The highest BCUT2D eigenvalue weighted by Crippen LogP contribution is 2.39. The van der Waals surface area contributed by atoms with Gasteiger partial charge in [-0.25, -0.2) is 4.79 Å². The highest BCUT2D eigenvalue weighted by atomic mass is 16.6. The molecule has 4 nitrogen and oxygen atoms in total. The molecule has 1 aliphatic carbocycles. The quantitative estimate of drug-likeness (QED) is 0.686. The summed E-state index contributed by atoms with van der Waals surface area (Å²) in [5.74, 6) is 0.236. The first-order valence-electron chi connectivity index (χ1n) is 6.18. The first kappa shape index (κ1) is 11.4. The zero-order valence-electron chi connectivity index (χ0n) is 9.83. The van der Waals surface area contributed by atoms with Crippen LogP contribution in [0.1, 0.15) is 45.4 Å². The number of ketones is 1. The van der Waals surface area contributed by atoms with Crippen LogP contribution in [-0.4, -0.2) is 35.5 Å². The maximum Gasteiger partial charge on any atom is 0.410 e. The van der Waals surface area contributed by atoms with Crippen LogP contribution in [0.3, 0.4) is 0 Å². The van der Waals surface area contributed by atoms with E-state index in [0.29, 0.717) is 19.6 Å². The van der Waals surface area contributed by atoms with Crippen molar-refractivity contribution in [3.8, 4) is 0 Å². The molecule has 4 heteroatoms. The molecule has 1 heterocycles. The molecule has 1 saturated carbocycles. The van der Waals surface area contributed by atoms with Gasteiger partial charge in [0, 0.05) is 13.0 Å². The van der Waals surface area contributed by atoms with Crippen molar-refractivity contribution in [3.63, 3.8) is 0 Å². The molecule has 0 aromatic rings. The molecule has 1 aliphatic heterocycles. The first-order chi connectivity index (χ1) is 7.70. The lowest BCUT2D eigenvalue weighted by Gasteiger charge is -2.39. The molecule has 0 unspecified atom stereocenters. The predicted molar refractivity (Wildman–Crippen MR) is 59.2 cm³/mol. The molecule has 0 aromatic carbocycles. The van der Waals surface area contributed by atoms with Crippen LogP contribution in [0.25, 0.3) is 0 Å². The van der Waals surface area contributed by atoms with Gasteiger partial charge in [-0.2, -0.15) is 0 Å². The van der Waals surface area contributed by atoms with Crippen LogP contribution in [-0.2, 0) is 9.53 Å². The third kappa shape index (κ3) is 1.70. The van der Waals surface area contributed by atoms with Crippen molar-refractivity contribution in [2.24, 2.45) is 0 Å². The molecule has 16 heavy (non-hydrogen) atoms. The van der Waals surface area contributed by atoms with Crippen LogP contribution in [0.2, 0.25) is 0 Å². The molecule has 2 aliphatic rings. The number of ether oxygens (including phenoxy) is 1. The van der Waals surface area contributed by atoms with Crippen molar-refractivity contribution in [3.05, 3.63) is 0 Å². The molecule has 0 bridgehead atoms. The van der Waals surface area contributed by atoms with Crippen molar-refractivity contribution in [2.75, 3.05) is 13.2 Å². The second kappa shape index (κ2) is 4.44. The molecule has 0 aromatic heterocycles. The van der Waals surface area contributed by atoms with E-state index in [9.17, 15) is 9.59 Å². The zero-order valence-corrected chi connectivity index (χ0v) is 9.83. The van der Waals surface area contributed by atoms with Crippen LogP contribution in [0.5, 0.6) is 0 Å². The van der Waals surface area contributed by atoms with Crippen molar-refractivity contribution in [1.82, 2.24) is 4.90 Å². The molecular weight excluding hydrogens is 206 g/mol. The van der Waals surface area contributed by atoms with E-state index in [1.54, 1.807) is 11.8 Å². The van der Waals surface area contributed by atoms with Gasteiger partial charge in [-0.15, -0.1) is 0 Å². The van der Waals surface area contributed by atoms with E-state index < -0.39 is 5.54 Å². The minimum absolute atomic E-state index is 0.236. The molecule has 2 fully saturated rings. The van der Waals surface area contributed by atoms with Crippen LogP contribution in [0.15, 0.2) is 0 Å². The van der Waals surface area contributed by atoms with E-state index in [-0.39, 0.29) is 11.9 Å². The second-order valence-corrected chi connectivity index (χ2v) is 4.62. The van der Waals surface area contributed by atoms with Gasteiger partial charge in [0.15, 0.2) is 5.78 Å². The van der Waals surface area contributed by atoms with E-state index in [1.165, 1.54) is 6.42 Å². The zero-order chi connectivity index (χ0) is 11.6. The minimum Gasteiger partial charge on any atom is -0.450 e. The van der Waals surface area contributed by atoms with E-state index in [4.69, 9.17) is 4.74 Å². The lowest BCUT2D eigenvalue weighted by molar-refractivity contribution is -0.126. The minimum atomic E-state index is -0.509. The Morgan fingerprint density at radius 3 is 2.69 bits per heavy atom. The average Bonchev–Trinajstić information content (AvgIpc) is 2.58. The fourth-order valence-corrected chi connectivity index (χ4v) is 2.96. The van der Waals surface area contributed by atoms with E-state index >= 15 is 0 Å². The average molecular weight is 225 g/mol. The lowest BCUT2D eigenvalue weighted by atomic mass is 9.79. The van der Waals surface area contributed by atoms with Gasteiger partial charge in [-0.3, -0.25) is 9.69 Å². The fourth-order valence-electron chi connectivity index (χ4n) is 2.96. The van der Waals surface area contributed by atoms with Crippen LogP contribution in [0, 0.1) is 0 Å². The molecule has 0 N–H and O–H groups in total. The summed E-state index contributed by atoms with van der Waals surface area (Å²) in [4.78, 5) is 25.5. The fraction of sp³-hybridized carbons (Fsp3) is 0.833. The van der Waals surface area contributed by atoms with E-state index in [2.05, 4.69) is 0 Å². The van der Waals surface area contributed by atoms with Gasteiger partial charge in [0.2, 0.25) is 0 Å². The number of carbonyl (C=O) groups is 2. The highest BCUT2D eigenvalue weighted by molar-refractivity contribution is 5.94. The Morgan fingerprint density at radius 1 is 1.38 bits per heavy atom. The smallest absolute Gasteiger partial charge is 0.410 e. The van der Waals surface area contributed by atoms with Gasteiger partial charge < -0.3 is 4.74 Å². The summed E-state index contributed by atoms with van der Waals surface area (Å²) in [6, 6.07) is 0. The third-order valence-electron chi connectivity index (χ3n) is 3.77. The third-order valence-corrected chi connectivity index (χ3v) is 3.77. The molecule has 1 saturated heterocycles. The number of carbonyl (C=O) groups excluding carboxylic acids is 2. The van der Waals surface area contributed by atoms with Gasteiger partial charge in [0.25, 0.3) is 0 Å². The largest absolute Gasteiger partial charge is 0.450 e. The molecule has 0 atom stereocenters. The first-order valence-corrected chi connectivity index (χ1v) is 6.18. The number of hydrogen-bond donors (Lipinski definition) is 0. The lowest BCUT2D eigenvalue weighted by Crippen LogP contribution is -2.52. The van der Waals surface area contributed by atoms with E-state index in [1.807, 2.05) is 0 Å². The topological polar surface area (TPSA) is 46.6 Å². The molecule has 2 rings (SSSR count). The maximum atomic E-state index is 12.0. The van der Waals surface area contributed by atoms with Gasteiger partial charge in [-0.1, -0.05) is 19.3 Å². The summed E-state index contributed by atoms with van der Waals surface area (Å²) in [6.45, 7) is 2.71. The molecule has 90 valence electrons. The Labute approximate surface area is 95.9 Å². The number of likely N-dealkylation sites (tertiary alicyclic amines) is 1. The molecule has 1 spiro atoms. The van der Waals surface area contributed by atoms with Crippen LogP contribution >= 0.6 is 0 Å². The van der Waals surface area contributed by atoms with Gasteiger partial charge in [-0.05, 0) is 19.8 Å². The monoisotopic (exact) mass is 225 g/mol. The summed E-state index contributed by atoms with van der Waals surface area (Å²) in [7, 11) is 0. The second-order valence-electron chi connectivity index (χ2n) is 4.62. The van der Waals surface area contributed by atoms with Gasteiger partial charge in [0.05, 0.1) is 6.61 Å². The van der Waals surface area contributed by atoms with Gasteiger partial charge >= 0.3 is 6.09 Å². The number of nitrogens with zero attached hydrogens (tertiary/aromatic N) is 1. The van der Waals surface area contributed by atoms with Crippen molar-refractivity contribution < 1.29 is 14.3 Å². The van der Waals surface area contributed by atoms with Crippen LogP contribution < -0.4 is 0 Å². The van der Waals surface area contributed by atoms with Crippen molar-refractivity contribution in [2.45, 2.75) is 51.0 Å². The standard InChI is InChI=1S/C12H19NO3/c1-2-16-11(15)13-9-6-10(14)12(13)7-4-3-5-8-12/h2-9H2,1H3. The SMILES string of the molecule is CCOC(=O)N1CCC(=O)C12CCCCC2.